The number of hydrogen-bond acceptors (Lipinski definition) is 4. The molecule has 0 aromatic heterocycles. The fraction of sp³-hybridized carbons (Fsp3) is 0.333. The summed E-state index contributed by atoms with van der Waals surface area (Å²) in [6.45, 7) is 8.14. The van der Waals surface area contributed by atoms with Gasteiger partial charge in [0.05, 0.1) is 17.9 Å². The highest BCUT2D eigenvalue weighted by atomic mass is 32.2. The minimum absolute atomic E-state index is 0.0801. The minimum atomic E-state index is -0.382. The van der Waals surface area contributed by atoms with Gasteiger partial charge >= 0.3 is 5.97 Å². The van der Waals surface area contributed by atoms with Crippen molar-refractivity contribution in [3.63, 3.8) is 0 Å². The van der Waals surface area contributed by atoms with Gasteiger partial charge in [-0.3, -0.25) is 4.79 Å². The number of esters is 1. The highest BCUT2D eigenvalue weighted by Crippen LogP contribution is 2.19. The highest BCUT2D eigenvalue weighted by molar-refractivity contribution is 7.99. The van der Waals surface area contributed by atoms with Gasteiger partial charge < -0.3 is 10.1 Å². The second-order valence-electron chi connectivity index (χ2n) is 6.29. The lowest BCUT2D eigenvalue weighted by atomic mass is 10.1. The van der Waals surface area contributed by atoms with Gasteiger partial charge in [0.15, 0.2) is 0 Å². The van der Waals surface area contributed by atoms with Crippen molar-refractivity contribution < 1.29 is 14.3 Å². The predicted octanol–water partition coefficient (Wildman–Crippen LogP) is 4.66. The van der Waals surface area contributed by atoms with Gasteiger partial charge in [-0.15, -0.1) is 11.8 Å². The number of amides is 1. The fourth-order valence-corrected chi connectivity index (χ4v) is 3.46. The number of nitrogens with one attached hydrogen (secondary N) is 1. The molecule has 0 unspecified atom stereocenters. The first kappa shape index (κ1) is 20.0. The molecule has 0 radical (unpaired) electrons. The maximum atomic E-state index is 12.2. The molecule has 1 N–H and O–H groups in total. The summed E-state index contributed by atoms with van der Waals surface area (Å²) in [7, 11) is 0. The summed E-state index contributed by atoms with van der Waals surface area (Å²) in [5.74, 6) is 0.684. The standard InChI is InChI=1S/C21H25NO3S/c1-5-25-21(24)18-7-6-16(4)19(11-18)22-20(23)13-26-12-17-9-14(2)8-15(3)10-17/h6-11H,5,12-13H2,1-4H3,(H,22,23). The van der Waals surface area contributed by atoms with Crippen molar-refractivity contribution in [3.8, 4) is 0 Å². The van der Waals surface area contributed by atoms with Gasteiger partial charge in [0.2, 0.25) is 5.91 Å². The maximum Gasteiger partial charge on any atom is 0.338 e. The second kappa shape index (κ2) is 9.43. The molecule has 138 valence electrons. The molecular formula is C21H25NO3S. The number of ether oxygens (including phenoxy) is 1. The van der Waals surface area contributed by atoms with Crippen LogP contribution in [0.3, 0.4) is 0 Å². The highest BCUT2D eigenvalue weighted by Gasteiger charge is 2.11. The number of aryl methyl sites for hydroxylation is 3. The van der Waals surface area contributed by atoms with Crippen molar-refractivity contribution in [2.45, 2.75) is 33.4 Å². The number of benzene rings is 2. The van der Waals surface area contributed by atoms with Crippen LogP contribution in [0.15, 0.2) is 36.4 Å². The summed E-state index contributed by atoms with van der Waals surface area (Å²) in [5, 5.41) is 2.89. The number of carbonyl (C=O) groups excluding carboxylic acids is 2. The van der Waals surface area contributed by atoms with Crippen LogP contribution in [-0.4, -0.2) is 24.2 Å². The third-order valence-electron chi connectivity index (χ3n) is 3.81. The van der Waals surface area contributed by atoms with Crippen molar-refractivity contribution in [2.75, 3.05) is 17.7 Å². The number of hydrogen-bond donors (Lipinski definition) is 1. The van der Waals surface area contributed by atoms with E-state index in [1.807, 2.05) is 13.0 Å². The van der Waals surface area contributed by atoms with Crippen LogP contribution in [0.2, 0.25) is 0 Å². The van der Waals surface area contributed by atoms with Crippen LogP contribution < -0.4 is 5.32 Å². The van der Waals surface area contributed by atoms with Gasteiger partial charge in [0.25, 0.3) is 0 Å². The van der Waals surface area contributed by atoms with E-state index < -0.39 is 0 Å². The normalized spacial score (nSPS) is 10.5. The quantitative estimate of drug-likeness (QED) is 0.719. The van der Waals surface area contributed by atoms with Crippen LogP contribution in [0.5, 0.6) is 0 Å². The van der Waals surface area contributed by atoms with E-state index in [0.29, 0.717) is 23.6 Å². The minimum Gasteiger partial charge on any atom is -0.462 e. The molecule has 0 saturated heterocycles. The van der Waals surface area contributed by atoms with E-state index in [1.54, 1.807) is 30.8 Å². The summed E-state index contributed by atoms with van der Waals surface area (Å²) < 4.78 is 5.01. The molecule has 1 amide bonds. The van der Waals surface area contributed by atoms with Crippen LogP contribution >= 0.6 is 11.8 Å². The molecule has 0 saturated carbocycles. The molecule has 2 aromatic carbocycles. The topological polar surface area (TPSA) is 55.4 Å². The van der Waals surface area contributed by atoms with E-state index in [0.717, 1.165) is 11.3 Å². The van der Waals surface area contributed by atoms with Crippen molar-refractivity contribution in [2.24, 2.45) is 0 Å². The first-order chi connectivity index (χ1) is 12.4. The molecule has 0 fully saturated rings. The van der Waals surface area contributed by atoms with E-state index in [9.17, 15) is 9.59 Å². The third kappa shape index (κ3) is 5.92. The average Bonchev–Trinajstić information content (AvgIpc) is 2.56. The molecule has 26 heavy (non-hydrogen) atoms. The molecule has 2 aromatic rings. The first-order valence-corrected chi connectivity index (χ1v) is 9.77. The Bertz CT molecular complexity index is 782. The molecule has 0 bridgehead atoms. The maximum absolute atomic E-state index is 12.2. The smallest absolute Gasteiger partial charge is 0.338 e. The number of anilines is 1. The van der Waals surface area contributed by atoms with Crippen LogP contribution in [0.4, 0.5) is 5.69 Å². The Hall–Kier alpha value is -2.27. The van der Waals surface area contributed by atoms with Gasteiger partial charge in [-0.25, -0.2) is 4.79 Å². The lowest BCUT2D eigenvalue weighted by Crippen LogP contribution is -2.16. The SMILES string of the molecule is CCOC(=O)c1ccc(C)c(NC(=O)CSCc2cc(C)cc(C)c2)c1. The van der Waals surface area contributed by atoms with Gasteiger partial charge in [-0.1, -0.05) is 35.4 Å². The molecule has 2 rings (SSSR count). The van der Waals surface area contributed by atoms with Crippen molar-refractivity contribution >= 4 is 29.3 Å². The van der Waals surface area contributed by atoms with E-state index in [1.165, 1.54) is 16.7 Å². The Balaban J connectivity index is 1.92. The van der Waals surface area contributed by atoms with Crippen LogP contribution in [0, 0.1) is 20.8 Å². The van der Waals surface area contributed by atoms with E-state index in [-0.39, 0.29) is 11.9 Å². The summed E-state index contributed by atoms with van der Waals surface area (Å²) in [6, 6.07) is 11.6. The van der Waals surface area contributed by atoms with Crippen LogP contribution in [-0.2, 0) is 15.3 Å². The lowest BCUT2D eigenvalue weighted by Gasteiger charge is -2.10. The molecule has 0 aliphatic heterocycles. The Morgan fingerprint density at radius 2 is 1.73 bits per heavy atom. The molecule has 0 spiro atoms. The van der Waals surface area contributed by atoms with E-state index in [4.69, 9.17) is 4.74 Å². The third-order valence-corrected chi connectivity index (χ3v) is 4.81. The summed E-state index contributed by atoms with van der Waals surface area (Å²) in [6.07, 6.45) is 0. The monoisotopic (exact) mass is 371 g/mol. The molecule has 5 heteroatoms. The molecule has 0 aliphatic carbocycles. The number of thioether (sulfide) groups is 1. The zero-order chi connectivity index (χ0) is 19.1. The summed E-state index contributed by atoms with van der Waals surface area (Å²) in [4.78, 5) is 24.1. The molecule has 0 atom stereocenters. The summed E-state index contributed by atoms with van der Waals surface area (Å²) >= 11 is 1.57. The predicted molar refractivity (Wildman–Crippen MR) is 108 cm³/mol. The van der Waals surface area contributed by atoms with Crippen molar-refractivity contribution in [1.29, 1.82) is 0 Å². The molecular weight excluding hydrogens is 346 g/mol. The summed E-state index contributed by atoms with van der Waals surface area (Å²) in [5.41, 5.74) is 5.68. The van der Waals surface area contributed by atoms with Crippen LogP contribution in [0.1, 0.15) is 39.5 Å². The molecule has 0 aliphatic rings. The first-order valence-electron chi connectivity index (χ1n) is 8.61. The van der Waals surface area contributed by atoms with Gasteiger partial charge in [0, 0.05) is 11.4 Å². The fourth-order valence-electron chi connectivity index (χ4n) is 2.70. The lowest BCUT2D eigenvalue weighted by molar-refractivity contribution is -0.113. The molecule has 0 heterocycles. The van der Waals surface area contributed by atoms with Gasteiger partial charge in [-0.2, -0.15) is 0 Å². The van der Waals surface area contributed by atoms with Crippen molar-refractivity contribution in [1.82, 2.24) is 0 Å². The van der Waals surface area contributed by atoms with E-state index >= 15 is 0 Å². The largest absolute Gasteiger partial charge is 0.462 e. The number of rotatable bonds is 7. The number of carbonyl (C=O) groups is 2. The Morgan fingerprint density at radius 3 is 2.38 bits per heavy atom. The van der Waals surface area contributed by atoms with Crippen molar-refractivity contribution in [3.05, 3.63) is 64.2 Å². The molecule has 4 nitrogen and oxygen atoms in total. The van der Waals surface area contributed by atoms with Gasteiger partial charge in [0.1, 0.15) is 0 Å². The zero-order valence-corrected chi connectivity index (χ0v) is 16.5. The average molecular weight is 372 g/mol. The Kier molecular flexibility index (Phi) is 7.27. The van der Waals surface area contributed by atoms with Crippen LogP contribution in [0.25, 0.3) is 0 Å². The van der Waals surface area contributed by atoms with Gasteiger partial charge in [-0.05, 0) is 51.0 Å². The Morgan fingerprint density at radius 1 is 1.04 bits per heavy atom. The second-order valence-corrected chi connectivity index (χ2v) is 7.27. The Labute approximate surface area is 159 Å². The zero-order valence-electron chi connectivity index (χ0n) is 15.7. The van der Waals surface area contributed by atoms with E-state index in [2.05, 4.69) is 37.4 Å².